The first-order valence-electron chi connectivity index (χ1n) is 7.10. The number of nitrogen functional groups attached to an aromatic ring is 1. The van der Waals surface area contributed by atoms with Crippen molar-refractivity contribution in [3.63, 3.8) is 0 Å². The van der Waals surface area contributed by atoms with Crippen LogP contribution in [0, 0.1) is 0 Å². The van der Waals surface area contributed by atoms with Crippen LogP contribution in [0.4, 0.5) is 11.4 Å². The van der Waals surface area contributed by atoms with Gasteiger partial charge in [-0.25, -0.2) is 0 Å². The molecule has 2 N–H and O–H groups in total. The van der Waals surface area contributed by atoms with E-state index < -0.39 is 0 Å². The minimum Gasteiger partial charge on any atom is -0.397 e. The van der Waals surface area contributed by atoms with Gasteiger partial charge in [0.05, 0.1) is 17.4 Å². The number of hydrogen-bond donors (Lipinski definition) is 1. The molecule has 104 valence electrons. The van der Waals surface area contributed by atoms with Crippen LogP contribution in [-0.4, -0.2) is 31.6 Å². The Morgan fingerprint density at radius 1 is 0.950 bits per heavy atom. The van der Waals surface area contributed by atoms with Crippen molar-refractivity contribution in [2.24, 2.45) is 0 Å². The van der Waals surface area contributed by atoms with Gasteiger partial charge in [-0.2, -0.15) is 0 Å². The van der Waals surface area contributed by atoms with Crippen LogP contribution in [-0.2, 0) is 0 Å². The second-order valence-electron chi connectivity index (χ2n) is 5.44. The van der Waals surface area contributed by atoms with Crippen LogP contribution < -0.4 is 10.6 Å². The van der Waals surface area contributed by atoms with E-state index in [1.807, 2.05) is 12.1 Å². The van der Waals surface area contributed by atoms with Gasteiger partial charge in [-0.1, -0.05) is 42.5 Å². The second kappa shape index (κ2) is 5.55. The van der Waals surface area contributed by atoms with E-state index in [4.69, 9.17) is 5.73 Å². The second-order valence-corrected chi connectivity index (χ2v) is 5.44. The SMILES string of the molecule is CN1CCN(c2ccccc2N)C(c2ccccc2)C1. The highest BCUT2D eigenvalue weighted by atomic mass is 15.3. The van der Waals surface area contributed by atoms with E-state index in [1.54, 1.807) is 0 Å². The molecular weight excluding hydrogens is 246 g/mol. The summed E-state index contributed by atoms with van der Waals surface area (Å²) >= 11 is 0. The van der Waals surface area contributed by atoms with Gasteiger partial charge < -0.3 is 15.5 Å². The number of benzene rings is 2. The van der Waals surface area contributed by atoms with Gasteiger partial charge >= 0.3 is 0 Å². The lowest BCUT2D eigenvalue weighted by atomic mass is 10.0. The van der Waals surface area contributed by atoms with Crippen LogP contribution in [0.25, 0.3) is 0 Å². The highest BCUT2D eigenvalue weighted by Crippen LogP contribution is 2.33. The topological polar surface area (TPSA) is 32.5 Å². The maximum atomic E-state index is 6.17. The van der Waals surface area contributed by atoms with Crippen LogP contribution in [0.2, 0.25) is 0 Å². The Bertz CT molecular complexity index is 567. The molecule has 0 bridgehead atoms. The quantitative estimate of drug-likeness (QED) is 0.849. The first kappa shape index (κ1) is 13.0. The normalized spacial score (nSPS) is 20.1. The molecule has 1 atom stereocenters. The standard InChI is InChI=1S/C17H21N3/c1-19-11-12-20(16-10-6-5-9-15(16)18)17(13-19)14-7-3-2-4-8-14/h2-10,17H,11-13,18H2,1H3. The number of piperazine rings is 1. The van der Waals surface area contributed by atoms with Crippen LogP contribution in [0.15, 0.2) is 54.6 Å². The molecule has 1 saturated heterocycles. The number of nitrogens with zero attached hydrogens (tertiary/aromatic N) is 2. The molecule has 0 aromatic heterocycles. The largest absolute Gasteiger partial charge is 0.397 e. The lowest BCUT2D eigenvalue weighted by molar-refractivity contribution is 0.269. The molecule has 3 heteroatoms. The minimum atomic E-state index is 0.361. The summed E-state index contributed by atoms with van der Waals surface area (Å²) in [5.74, 6) is 0. The third kappa shape index (κ3) is 2.49. The van der Waals surface area contributed by atoms with Gasteiger partial charge in [0.25, 0.3) is 0 Å². The molecule has 3 rings (SSSR count). The molecule has 1 unspecified atom stereocenters. The summed E-state index contributed by atoms with van der Waals surface area (Å²) in [6.45, 7) is 3.10. The zero-order chi connectivity index (χ0) is 13.9. The molecule has 1 fully saturated rings. The van der Waals surface area contributed by atoms with E-state index in [0.29, 0.717) is 6.04 Å². The summed E-state index contributed by atoms with van der Waals surface area (Å²) in [5, 5.41) is 0. The van der Waals surface area contributed by atoms with E-state index in [1.165, 1.54) is 5.56 Å². The number of hydrogen-bond acceptors (Lipinski definition) is 3. The molecule has 0 spiro atoms. The zero-order valence-corrected chi connectivity index (χ0v) is 11.9. The maximum Gasteiger partial charge on any atom is 0.0670 e. The Morgan fingerprint density at radius 3 is 2.40 bits per heavy atom. The van der Waals surface area contributed by atoms with Gasteiger partial charge in [0.1, 0.15) is 0 Å². The lowest BCUT2D eigenvalue weighted by Gasteiger charge is -2.42. The van der Waals surface area contributed by atoms with E-state index >= 15 is 0 Å². The third-order valence-corrected chi connectivity index (χ3v) is 4.01. The van der Waals surface area contributed by atoms with Crippen molar-refractivity contribution in [1.29, 1.82) is 0 Å². The van der Waals surface area contributed by atoms with Crippen molar-refractivity contribution in [2.45, 2.75) is 6.04 Å². The lowest BCUT2D eigenvalue weighted by Crippen LogP contribution is -2.47. The van der Waals surface area contributed by atoms with Gasteiger partial charge in [0.15, 0.2) is 0 Å². The average molecular weight is 267 g/mol. The Hall–Kier alpha value is -2.00. The van der Waals surface area contributed by atoms with Crippen molar-refractivity contribution in [3.05, 3.63) is 60.2 Å². The van der Waals surface area contributed by atoms with Crippen molar-refractivity contribution >= 4 is 11.4 Å². The summed E-state index contributed by atoms with van der Waals surface area (Å²) in [5.41, 5.74) is 9.53. The van der Waals surface area contributed by atoms with E-state index in [-0.39, 0.29) is 0 Å². The Morgan fingerprint density at radius 2 is 1.65 bits per heavy atom. The van der Waals surface area contributed by atoms with Crippen LogP contribution >= 0.6 is 0 Å². The minimum absolute atomic E-state index is 0.361. The smallest absolute Gasteiger partial charge is 0.0670 e. The molecule has 3 nitrogen and oxygen atoms in total. The first-order chi connectivity index (χ1) is 9.75. The average Bonchev–Trinajstić information content (AvgIpc) is 2.49. The van der Waals surface area contributed by atoms with Crippen molar-refractivity contribution in [2.75, 3.05) is 37.3 Å². The van der Waals surface area contributed by atoms with E-state index in [2.05, 4.69) is 59.3 Å². The first-order valence-corrected chi connectivity index (χ1v) is 7.10. The molecule has 1 aliphatic heterocycles. The molecule has 20 heavy (non-hydrogen) atoms. The number of para-hydroxylation sites is 2. The van der Waals surface area contributed by atoms with Gasteiger partial charge in [0.2, 0.25) is 0 Å². The molecule has 0 aliphatic carbocycles. The fraction of sp³-hybridized carbons (Fsp3) is 0.294. The van der Waals surface area contributed by atoms with Crippen molar-refractivity contribution in [3.8, 4) is 0 Å². The Balaban J connectivity index is 1.97. The predicted octanol–water partition coefficient (Wildman–Crippen LogP) is 2.76. The van der Waals surface area contributed by atoms with Gasteiger partial charge in [-0.3, -0.25) is 0 Å². The molecule has 2 aromatic carbocycles. The molecular formula is C17H21N3. The summed E-state index contributed by atoms with van der Waals surface area (Å²) in [6.07, 6.45) is 0. The number of nitrogens with two attached hydrogens (primary N) is 1. The predicted molar refractivity (Wildman–Crippen MR) is 84.9 cm³/mol. The fourth-order valence-corrected chi connectivity index (χ4v) is 2.92. The van der Waals surface area contributed by atoms with Gasteiger partial charge in [-0.15, -0.1) is 0 Å². The number of rotatable bonds is 2. The van der Waals surface area contributed by atoms with Crippen molar-refractivity contribution < 1.29 is 0 Å². The number of anilines is 2. The molecule has 1 aliphatic rings. The van der Waals surface area contributed by atoms with Crippen molar-refractivity contribution in [1.82, 2.24) is 4.90 Å². The summed E-state index contributed by atoms with van der Waals surface area (Å²) < 4.78 is 0. The summed E-state index contributed by atoms with van der Waals surface area (Å²) in [4.78, 5) is 4.82. The zero-order valence-electron chi connectivity index (χ0n) is 11.9. The highest BCUT2D eigenvalue weighted by molar-refractivity contribution is 5.68. The monoisotopic (exact) mass is 267 g/mol. The molecule has 0 radical (unpaired) electrons. The van der Waals surface area contributed by atoms with Crippen LogP contribution in [0.3, 0.4) is 0 Å². The molecule has 2 aromatic rings. The Kier molecular flexibility index (Phi) is 3.61. The molecule has 0 saturated carbocycles. The fourth-order valence-electron chi connectivity index (χ4n) is 2.92. The Labute approximate surface area is 120 Å². The maximum absolute atomic E-state index is 6.17. The van der Waals surface area contributed by atoms with E-state index in [9.17, 15) is 0 Å². The van der Waals surface area contributed by atoms with Crippen LogP contribution in [0.5, 0.6) is 0 Å². The molecule has 1 heterocycles. The van der Waals surface area contributed by atoms with Gasteiger partial charge in [-0.05, 0) is 24.7 Å². The van der Waals surface area contributed by atoms with Gasteiger partial charge in [0, 0.05) is 19.6 Å². The van der Waals surface area contributed by atoms with E-state index in [0.717, 1.165) is 31.0 Å². The van der Waals surface area contributed by atoms with Crippen LogP contribution in [0.1, 0.15) is 11.6 Å². The molecule has 0 amide bonds. The number of likely N-dealkylation sites (N-methyl/N-ethyl adjacent to an activating group) is 1. The summed E-state index contributed by atoms with van der Waals surface area (Å²) in [7, 11) is 2.18. The highest BCUT2D eigenvalue weighted by Gasteiger charge is 2.27. The summed E-state index contributed by atoms with van der Waals surface area (Å²) in [6, 6.07) is 19.2. The third-order valence-electron chi connectivity index (χ3n) is 4.01.